The van der Waals surface area contributed by atoms with E-state index in [2.05, 4.69) is 5.32 Å². The summed E-state index contributed by atoms with van der Waals surface area (Å²) < 4.78 is 105. The highest BCUT2D eigenvalue weighted by molar-refractivity contribution is 7.89. The van der Waals surface area contributed by atoms with Crippen LogP contribution in [0.5, 0.6) is 5.75 Å². The highest BCUT2D eigenvalue weighted by Gasteiger charge is 2.34. The first-order valence-electron chi connectivity index (χ1n) is 20.5. The molecule has 15 nitrogen and oxygen atoms in total. The molecule has 1 aliphatic carbocycles. The molecule has 0 unspecified atom stereocenters. The van der Waals surface area contributed by atoms with E-state index in [0.29, 0.717) is 81.6 Å². The number of amides is 1. The number of hydrogen-bond acceptors (Lipinski definition) is 10. The van der Waals surface area contributed by atoms with Gasteiger partial charge >= 0.3 is 0 Å². The fraction of sp³-hybridized carbons (Fsp3) is 0.191. The second-order valence-corrected chi connectivity index (χ2v) is 20.5. The lowest BCUT2D eigenvalue weighted by Crippen LogP contribution is -2.43. The summed E-state index contributed by atoms with van der Waals surface area (Å²) in [7, 11) is -9.37. The van der Waals surface area contributed by atoms with E-state index in [1.54, 1.807) is 108 Å². The van der Waals surface area contributed by atoms with Crippen LogP contribution in [0.1, 0.15) is 18.4 Å². The van der Waals surface area contributed by atoms with Crippen LogP contribution in [0.3, 0.4) is 0 Å². The highest BCUT2D eigenvalue weighted by Crippen LogP contribution is 2.44. The molecule has 0 radical (unpaired) electrons. The predicted octanol–water partition coefficient (Wildman–Crippen LogP) is 6.66. The number of phenols is 1. The minimum atomic E-state index is -4.40. The van der Waals surface area contributed by atoms with Gasteiger partial charge in [0.1, 0.15) is 24.1 Å². The van der Waals surface area contributed by atoms with Crippen LogP contribution >= 0.6 is 0 Å². The summed E-state index contributed by atoms with van der Waals surface area (Å²) in [6.07, 6.45) is 1.27. The number of nitrogens with zero attached hydrogens (tertiary/aromatic N) is 3. The number of sulfonamides is 1. The van der Waals surface area contributed by atoms with Crippen molar-refractivity contribution in [3.05, 3.63) is 144 Å². The lowest BCUT2D eigenvalue weighted by atomic mass is 9.93. The number of carbonyl (C=O) groups is 1. The summed E-state index contributed by atoms with van der Waals surface area (Å²) >= 11 is 0. The van der Waals surface area contributed by atoms with Crippen LogP contribution in [0, 0.1) is 5.92 Å². The average Bonchev–Trinajstić information content (AvgIpc) is 3.30. The lowest BCUT2D eigenvalue weighted by Gasteiger charge is -2.31. The van der Waals surface area contributed by atoms with Gasteiger partial charge in [-0.1, -0.05) is 30.3 Å². The van der Waals surface area contributed by atoms with Gasteiger partial charge in [-0.05, 0) is 97.6 Å². The summed E-state index contributed by atoms with van der Waals surface area (Å²) in [4.78, 5) is 14.5. The molecule has 1 saturated heterocycles. The average molecular weight is 938 g/mol. The van der Waals surface area contributed by atoms with Crippen LogP contribution in [0.4, 0.5) is 17.1 Å². The first kappa shape index (κ1) is 45.2. The maximum Gasteiger partial charge on any atom is 0.294 e. The van der Waals surface area contributed by atoms with Crippen molar-refractivity contribution in [1.82, 2.24) is 14.2 Å². The summed E-state index contributed by atoms with van der Waals surface area (Å²) in [5.41, 5.74) is 4.83. The zero-order valence-electron chi connectivity index (χ0n) is 35.2. The zero-order chi connectivity index (χ0) is 46.3. The van der Waals surface area contributed by atoms with Crippen LogP contribution in [0.15, 0.2) is 153 Å². The zero-order valence-corrected chi connectivity index (χ0v) is 37.6. The third-order valence-corrected chi connectivity index (χ3v) is 15.4. The van der Waals surface area contributed by atoms with Gasteiger partial charge < -0.3 is 19.7 Å². The van der Waals surface area contributed by atoms with Gasteiger partial charge in [-0.2, -0.15) is 25.7 Å². The summed E-state index contributed by atoms with van der Waals surface area (Å²) in [6.45, 7) is 0.685. The van der Waals surface area contributed by atoms with E-state index >= 15 is 0 Å². The van der Waals surface area contributed by atoms with Gasteiger partial charge in [-0.25, -0.2) is 8.42 Å². The number of benzene rings is 6. The first-order chi connectivity index (χ1) is 30.9. The topological polar surface area (TPSA) is 215 Å². The van der Waals surface area contributed by atoms with Crippen molar-refractivity contribution in [3.63, 3.8) is 0 Å². The molecular weight excluding hydrogens is 893 g/mol. The Bertz CT molecular complexity index is 3310. The number of phenolic OH excluding ortho intramolecular Hbond substituents is 1. The number of carbonyl (C=O) groups excluding carboxylic acids is 1. The first-order valence-corrected chi connectivity index (χ1v) is 24.8. The number of fused-ring (bicyclic) bond motifs is 2. The quantitative estimate of drug-likeness (QED) is 0.0575. The molecule has 3 aliphatic rings. The fourth-order valence-electron chi connectivity index (χ4n) is 8.09. The number of hydrogen-bond donors (Lipinski definition) is 4. The molecule has 18 heteroatoms. The van der Waals surface area contributed by atoms with Gasteiger partial charge in [0.05, 0.1) is 20.8 Å². The second-order valence-electron chi connectivity index (χ2n) is 15.8. The Kier molecular flexibility index (Phi) is 12.4. The van der Waals surface area contributed by atoms with E-state index in [0.717, 1.165) is 5.56 Å². The Morgan fingerprint density at radius 2 is 1.37 bits per heavy atom. The van der Waals surface area contributed by atoms with Crippen molar-refractivity contribution in [1.29, 1.82) is 0 Å². The van der Waals surface area contributed by atoms with Crippen LogP contribution in [-0.2, 0) is 41.5 Å². The van der Waals surface area contributed by atoms with Crippen LogP contribution in [0.2, 0.25) is 0 Å². The van der Waals surface area contributed by atoms with Crippen LogP contribution in [0.25, 0.3) is 33.4 Å². The molecule has 1 amide bonds. The molecule has 1 fully saturated rings. The Hall–Kier alpha value is -6.41. The Labute approximate surface area is 376 Å². The molecule has 0 atom stereocenters. The molecule has 65 heavy (non-hydrogen) atoms. The SMILES string of the molecule is CN(c1ccc(S(=O)(=O)O)cc1)c1ccc2c(-c3ccccc3S(=O)(=O)N3CCC(C(=O)NCCc4ccc(O)cc4)CC3)c3ccc(=[N+](C)c4ccc(S(=O)(=O)O)cc4)cc-3oc2c1. The molecule has 8 rings (SSSR count). The summed E-state index contributed by atoms with van der Waals surface area (Å²) in [6, 6.07) is 35.8. The van der Waals surface area contributed by atoms with Gasteiger partial charge in [0.25, 0.3) is 20.2 Å². The van der Waals surface area contributed by atoms with Gasteiger partial charge in [-0.15, -0.1) is 0 Å². The smallest absolute Gasteiger partial charge is 0.294 e. The maximum atomic E-state index is 14.7. The number of aromatic hydroxyl groups is 1. The minimum Gasteiger partial charge on any atom is -0.508 e. The summed E-state index contributed by atoms with van der Waals surface area (Å²) in [5, 5.41) is 13.8. The van der Waals surface area contributed by atoms with E-state index < -0.39 is 30.3 Å². The van der Waals surface area contributed by atoms with Crippen molar-refractivity contribution < 1.29 is 48.7 Å². The van der Waals surface area contributed by atoms with E-state index in [1.165, 1.54) is 28.6 Å². The molecule has 2 heterocycles. The number of nitrogens with one attached hydrogen (secondary N) is 1. The third kappa shape index (κ3) is 9.54. The Morgan fingerprint density at radius 3 is 2.02 bits per heavy atom. The van der Waals surface area contributed by atoms with Crippen molar-refractivity contribution in [2.45, 2.75) is 33.9 Å². The molecule has 0 aromatic heterocycles. The van der Waals surface area contributed by atoms with Crippen molar-refractivity contribution in [2.24, 2.45) is 5.92 Å². The molecule has 0 saturated carbocycles. The molecule has 5 aromatic carbocycles. The van der Waals surface area contributed by atoms with E-state index in [9.17, 15) is 44.3 Å². The van der Waals surface area contributed by atoms with Gasteiger partial charge in [0, 0.05) is 90.3 Å². The summed E-state index contributed by atoms with van der Waals surface area (Å²) in [5.74, 6) is 0.0706. The minimum absolute atomic E-state index is 0.0749. The van der Waals surface area contributed by atoms with Gasteiger partial charge in [0.2, 0.25) is 27.0 Å². The maximum absolute atomic E-state index is 14.7. The number of rotatable bonds is 12. The molecular formula is C47H45N4O11S3+. The normalized spacial score (nSPS) is 14.6. The van der Waals surface area contributed by atoms with Gasteiger partial charge in [-0.3, -0.25) is 13.9 Å². The van der Waals surface area contributed by atoms with Crippen LogP contribution < -0.4 is 20.1 Å². The van der Waals surface area contributed by atoms with Gasteiger partial charge in [0.15, 0.2) is 0 Å². The molecule has 5 aromatic rings. The molecule has 4 N–H and O–H groups in total. The van der Waals surface area contributed by atoms with Crippen molar-refractivity contribution in [2.75, 3.05) is 38.6 Å². The largest absolute Gasteiger partial charge is 0.508 e. The Balaban J connectivity index is 1.17. The molecule has 0 spiro atoms. The fourth-order valence-corrected chi connectivity index (χ4v) is 10.7. The third-order valence-electron chi connectivity index (χ3n) is 11.8. The monoisotopic (exact) mass is 937 g/mol. The highest BCUT2D eigenvalue weighted by atomic mass is 32.2. The second kappa shape index (κ2) is 17.9. The number of anilines is 2. The van der Waals surface area contributed by atoms with Crippen LogP contribution in [-0.4, -0.2) is 83.4 Å². The Morgan fingerprint density at radius 1 is 0.754 bits per heavy atom. The standard InChI is InChI=1S/C47H44N4O11S3/c1-49(33-9-17-38(18-10-33)64(56,57)58)35-13-21-40-43(29-35)62-44-30-36(50(2)34-11-19-39(20-12-34)65(59,60)61)14-22-41(44)46(40)42-5-3-4-6-45(42)63(54,55)51-27-24-32(25-28-51)47(53)48-26-23-31-7-15-37(52)16-8-31/h3-22,29-30,32H,23-28H2,1-2H3,(H3-,48,52,53,56,57,58,59,60,61)/p+1. The van der Waals surface area contributed by atoms with Crippen molar-refractivity contribution in [3.8, 4) is 28.2 Å². The molecule has 2 aliphatic heterocycles. The van der Waals surface area contributed by atoms with E-state index in [1.807, 2.05) is 24.3 Å². The van der Waals surface area contributed by atoms with E-state index in [-0.39, 0.29) is 45.4 Å². The van der Waals surface area contributed by atoms with Crippen molar-refractivity contribution >= 4 is 64.2 Å². The number of piperidine rings is 1. The molecule has 0 bridgehead atoms. The van der Waals surface area contributed by atoms with E-state index in [4.69, 9.17) is 4.42 Å². The lowest BCUT2D eigenvalue weighted by molar-refractivity contribution is -0.126. The predicted molar refractivity (Wildman–Crippen MR) is 246 cm³/mol. The molecule has 336 valence electrons.